The molecule has 2 N–H and O–H groups in total. The summed E-state index contributed by atoms with van der Waals surface area (Å²) >= 11 is 0. The van der Waals surface area contributed by atoms with E-state index in [1.54, 1.807) is 12.1 Å². The van der Waals surface area contributed by atoms with Crippen LogP contribution in [-0.2, 0) is 16.1 Å². The molecular formula is C27H34N2O6. The van der Waals surface area contributed by atoms with Gasteiger partial charge in [-0.15, -0.1) is 0 Å². The van der Waals surface area contributed by atoms with E-state index < -0.39 is 17.8 Å². The zero-order valence-corrected chi connectivity index (χ0v) is 20.5. The highest BCUT2D eigenvalue weighted by molar-refractivity contribution is 5.82. The van der Waals surface area contributed by atoms with Crippen molar-refractivity contribution in [3.05, 3.63) is 54.1 Å². The number of fused-ring (bicyclic) bond motifs is 1. The van der Waals surface area contributed by atoms with E-state index in [2.05, 4.69) is 10.6 Å². The summed E-state index contributed by atoms with van der Waals surface area (Å²) in [5, 5.41) is 5.99. The minimum atomic E-state index is -0.732. The predicted octanol–water partition coefficient (Wildman–Crippen LogP) is 4.36. The van der Waals surface area contributed by atoms with Crippen LogP contribution < -0.4 is 24.8 Å². The molecule has 1 heterocycles. The lowest BCUT2D eigenvalue weighted by atomic mass is 9.91. The predicted molar refractivity (Wildman–Crippen MR) is 131 cm³/mol. The molecule has 0 radical (unpaired) electrons. The normalized spacial score (nSPS) is 21.5. The van der Waals surface area contributed by atoms with Crippen LogP contribution in [0.15, 0.2) is 48.5 Å². The molecule has 1 aliphatic heterocycles. The molecule has 1 saturated carbocycles. The van der Waals surface area contributed by atoms with Crippen LogP contribution >= 0.6 is 0 Å². The monoisotopic (exact) mass is 482 g/mol. The maximum atomic E-state index is 12.9. The van der Waals surface area contributed by atoms with Gasteiger partial charge in [-0.2, -0.15) is 0 Å². The molecule has 8 nitrogen and oxygen atoms in total. The average Bonchev–Trinajstić information content (AvgIpc) is 2.83. The van der Waals surface area contributed by atoms with E-state index in [9.17, 15) is 9.59 Å². The summed E-state index contributed by atoms with van der Waals surface area (Å²) in [5.74, 6) is 1.53. The number of ether oxygens (including phenoxy) is 4. The second-order valence-corrected chi connectivity index (χ2v) is 10.0. The number of benzene rings is 2. The second-order valence-electron chi connectivity index (χ2n) is 10.0. The van der Waals surface area contributed by atoms with Gasteiger partial charge < -0.3 is 29.6 Å². The van der Waals surface area contributed by atoms with Crippen molar-refractivity contribution in [3.8, 4) is 17.2 Å². The molecule has 2 amide bonds. The van der Waals surface area contributed by atoms with Gasteiger partial charge in [-0.1, -0.05) is 30.3 Å². The third-order valence-corrected chi connectivity index (χ3v) is 5.91. The molecule has 0 saturated heterocycles. The standard InChI is InChI=1S/C27H34N2O6/c1-27(2,3)35-26(31)29-20-11-9-19(10-12-20)28-25(30)24-17-33-22-14-13-21(15-23(22)34-24)32-16-18-7-5-4-6-8-18/h4-8,13-15,19-20,24H,9-12,16-17H2,1-3H3,(H,28,30)(H,29,31)/t19-,20+,24?. The van der Waals surface area contributed by atoms with Crippen molar-refractivity contribution in [1.82, 2.24) is 10.6 Å². The lowest BCUT2D eigenvalue weighted by Crippen LogP contribution is -2.50. The summed E-state index contributed by atoms with van der Waals surface area (Å²) in [6, 6.07) is 15.4. The van der Waals surface area contributed by atoms with Crippen LogP contribution in [0.5, 0.6) is 17.2 Å². The molecule has 4 rings (SSSR count). The largest absolute Gasteiger partial charge is 0.489 e. The fourth-order valence-corrected chi connectivity index (χ4v) is 4.16. The second kappa shape index (κ2) is 10.9. The van der Waals surface area contributed by atoms with Gasteiger partial charge in [0.25, 0.3) is 5.91 Å². The van der Waals surface area contributed by atoms with Crippen molar-refractivity contribution in [3.63, 3.8) is 0 Å². The van der Waals surface area contributed by atoms with Crippen LogP contribution in [0, 0.1) is 0 Å². The van der Waals surface area contributed by atoms with E-state index in [4.69, 9.17) is 18.9 Å². The third-order valence-electron chi connectivity index (χ3n) is 5.91. The fourth-order valence-electron chi connectivity index (χ4n) is 4.16. The van der Waals surface area contributed by atoms with Gasteiger partial charge in [0.05, 0.1) is 0 Å². The molecule has 0 bridgehead atoms. The van der Waals surface area contributed by atoms with Crippen LogP contribution in [0.4, 0.5) is 4.79 Å². The summed E-state index contributed by atoms with van der Waals surface area (Å²) in [4.78, 5) is 24.8. The van der Waals surface area contributed by atoms with Gasteiger partial charge >= 0.3 is 6.09 Å². The average molecular weight is 483 g/mol. The number of hydrogen-bond donors (Lipinski definition) is 2. The van der Waals surface area contributed by atoms with Crippen LogP contribution in [0.25, 0.3) is 0 Å². The SMILES string of the molecule is CC(C)(C)OC(=O)N[C@H]1CC[C@@H](NC(=O)C2COc3ccc(OCc4ccccc4)cc3O2)CC1. The lowest BCUT2D eigenvalue weighted by molar-refractivity contribution is -0.131. The summed E-state index contributed by atoms with van der Waals surface area (Å²) in [5.41, 5.74) is 0.542. The number of carbonyl (C=O) groups is 2. The summed E-state index contributed by atoms with van der Waals surface area (Å²) in [6.07, 6.45) is 1.96. The van der Waals surface area contributed by atoms with Crippen molar-refractivity contribution in [2.24, 2.45) is 0 Å². The van der Waals surface area contributed by atoms with Gasteiger partial charge in [-0.25, -0.2) is 4.79 Å². The minimum Gasteiger partial charge on any atom is -0.489 e. The van der Waals surface area contributed by atoms with Gasteiger partial charge in [-0.05, 0) is 64.2 Å². The Morgan fingerprint density at radius 2 is 1.63 bits per heavy atom. The summed E-state index contributed by atoms with van der Waals surface area (Å²) in [6.45, 7) is 6.11. The molecule has 1 atom stereocenters. The highest BCUT2D eigenvalue weighted by Gasteiger charge is 2.31. The maximum absolute atomic E-state index is 12.9. The Balaban J connectivity index is 1.24. The Morgan fingerprint density at radius 1 is 0.943 bits per heavy atom. The Bertz CT molecular complexity index is 1010. The lowest BCUT2D eigenvalue weighted by Gasteiger charge is -2.32. The summed E-state index contributed by atoms with van der Waals surface area (Å²) in [7, 11) is 0. The van der Waals surface area contributed by atoms with Crippen molar-refractivity contribution < 1.29 is 28.5 Å². The van der Waals surface area contributed by atoms with Crippen LogP contribution in [-0.4, -0.2) is 42.4 Å². The fraction of sp³-hybridized carbons (Fsp3) is 0.481. The smallest absolute Gasteiger partial charge is 0.407 e. The molecule has 1 fully saturated rings. The molecule has 1 aliphatic carbocycles. The third kappa shape index (κ3) is 7.28. The molecule has 188 valence electrons. The first-order valence-electron chi connectivity index (χ1n) is 12.2. The number of alkyl carbamates (subject to hydrolysis) is 1. The van der Waals surface area contributed by atoms with E-state index in [1.807, 2.05) is 57.2 Å². The van der Waals surface area contributed by atoms with Crippen molar-refractivity contribution >= 4 is 12.0 Å². The first-order valence-corrected chi connectivity index (χ1v) is 12.2. The van der Waals surface area contributed by atoms with E-state index >= 15 is 0 Å². The topological polar surface area (TPSA) is 95.1 Å². The summed E-state index contributed by atoms with van der Waals surface area (Å²) < 4.78 is 22.9. The number of amides is 2. The van der Waals surface area contributed by atoms with Crippen molar-refractivity contribution in [2.45, 2.75) is 76.9 Å². The Kier molecular flexibility index (Phi) is 7.68. The zero-order valence-electron chi connectivity index (χ0n) is 20.5. The highest BCUT2D eigenvalue weighted by atomic mass is 16.6. The van der Waals surface area contributed by atoms with E-state index in [0.717, 1.165) is 31.2 Å². The molecule has 2 aliphatic rings. The van der Waals surface area contributed by atoms with E-state index in [0.29, 0.717) is 23.9 Å². The van der Waals surface area contributed by atoms with E-state index in [-0.39, 0.29) is 24.6 Å². The molecule has 0 spiro atoms. The number of hydrogen-bond acceptors (Lipinski definition) is 6. The molecule has 35 heavy (non-hydrogen) atoms. The molecule has 2 aromatic rings. The van der Waals surface area contributed by atoms with Crippen LogP contribution in [0.1, 0.15) is 52.0 Å². The van der Waals surface area contributed by atoms with Gasteiger partial charge in [0, 0.05) is 18.2 Å². The number of rotatable bonds is 6. The number of nitrogens with one attached hydrogen (secondary N) is 2. The Labute approximate surface area is 206 Å². The van der Waals surface area contributed by atoms with Gasteiger partial charge in [-0.3, -0.25) is 4.79 Å². The quantitative estimate of drug-likeness (QED) is 0.635. The van der Waals surface area contributed by atoms with Gasteiger partial charge in [0.2, 0.25) is 6.10 Å². The zero-order chi connectivity index (χ0) is 24.8. The van der Waals surface area contributed by atoms with Gasteiger partial charge in [0.1, 0.15) is 24.6 Å². The van der Waals surface area contributed by atoms with Crippen molar-refractivity contribution in [2.75, 3.05) is 6.61 Å². The highest BCUT2D eigenvalue weighted by Crippen LogP contribution is 2.35. The number of carbonyl (C=O) groups excluding carboxylic acids is 2. The maximum Gasteiger partial charge on any atom is 0.407 e. The van der Waals surface area contributed by atoms with Crippen molar-refractivity contribution in [1.29, 1.82) is 0 Å². The first-order chi connectivity index (χ1) is 16.7. The molecule has 2 aromatic carbocycles. The van der Waals surface area contributed by atoms with Gasteiger partial charge in [0.15, 0.2) is 11.5 Å². The molecular weight excluding hydrogens is 448 g/mol. The van der Waals surface area contributed by atoms with E-state index in [1.165, 1.54) is 0 Å². The van der Waals surface area contributed by atoms with Crippen LogP contribution in [0.3, 0.4) is 0 Å². The molecule has 1 unspecified atom stereocenters. The minimum absolute atomic E-state index is 0.0322. The Morgan fingerprint density at radius 3 is 2.31 bits per heavy atom. The molecule has 0 aromatic heterocycles. The first kappa shape index (κ1) is 24.7. The van der Waals surface area contributed by atoms with Crippen LogP contribution in [0.2, 0.25) is 0 Å². The molecule has 8 heteroatoms. The Hall–Kier alpha value is -3.42.